The topological polar surface area (TPSA) is 117 Å². The van der Waals surface area contributed by atoms with Gasteiger partial charge in [-0.3, -0.25) is 4.18 Å². The quantitative estimate of drug-likeness (QED) is 0.524. The van der Waals surface area contributed by atoms with Gasteiger partial charge in [0.2, 0.25) is 0 Å². The van der Waals surface area contributed by atoms with Gasteiger partial charge in [-0.25, -0.2) is 9.59 Å². The Bertz CT molecular complexity index is 913. The molecule has 1 aromatic rings. The summed E-state index contributed by atoms with van der Waals surface area (Å²) in [4.78, 5) is 29.5. The van der Waals surface area contributed by atoms with E-state index < -0.39 is 51.3 Å². The number of hydrogen-bond acceptors (Lipinski definition) is 8. The smallest absolute Gasteiger partial charge is 0.441 e. The number of hydroxylamine groups is 1. The lowest BCUT2D eigenvalue weighted by atomic mass is 9.79. The molecular formula is C22H33NO8S. The van der Waals surface area contributed by atoms with Crippen molar-refractivity contribution < 1.29 is 36.5 Å². The van der Waals surface area contributed by atoms with Crippen molar-refractivity contribution in [2.45, 2.75) is 77.6 Å². The highest BCUT2D eigenvalue weighted by atomic mass is 32.2. The molecule has 3 unspecified atom stereocenters. The second-order valence-electron chi connectivity index (χ2n) is 9.91. The fraction of sp³-hybridized carbons (Fsp3) is 0.636. The second kappa shape index (κ2) is 9.76. The van der Waals surface area contributed by atoms with Crippen LogP contribution in [0.2, 0.25) is 0 Å². The molecule has 2 rings (SSSR count). The number of nitrogens with one attached hydrogen (secondary N) is 1. The van der Waals surface area contributed by atoms with Gasteiger partial charge < -0.3 is 14.3 Å². The SMILES string of the molecule is Cc1ccc(S(=O)(=O)OC2C(C(=O)ONC(=O)OC(C)(C)C)CCOC2C(C)(C)C)cc1. The molecule has 0 aromatic heterocycles. The highest BCUT2D eigenvalue weighted by Gasteiger charge is 2.48. The summed E-state index contributed by atoms with van der Waals surface area (Å²) in [5, 5.41) is 0. The molecule has 1 N–H and O–H groups in total. The Labute approximate surface area is 189 Å². The molecule has 9 nitrogen and oxygen atoms in total. The van der Waals surface area contributed by atoms with Crippen molar-refractivity contribution in [1.82, 2.24) is 5.48 Å². The van der Waals surface area contributed by atoms with Crippen LogP contribution >= 0.6 is 0 Å². The van der Waals surface area contributed by atoms with Crippen molar-refractivity contribution in [3.8, 4) is 0 Å². The Kier molecular flexibility index (Phi) is 7.96. The summed E-state index contributed by atoms with van der Waals surface area (Å²) < 4.78 is 42.3. The molecule has 3 atom stereocenters. The summed E-state index contributed by atoms with van der Waals surface area (Å²) in [6.07, 6.45) is -2.64. The van der Waals surface area contributed by atoms with E-state index in [4.69, 9.17) is 18.5 Å². The molecule has 1 aromatic carbocycles. The number of benzene rings is 1. The summed E-state index contributed by atoms with van der Waals surface area (Å²) in [5.74, 6) is -1.82. The van der Waals surface area contributed by atoms with Gasteiger partial charge in [-0.05, 0) is 51.7 Å². The fourth-order valence-electron chi connectivity index (χ4n) is 3.28. The summed E-state index contributed by atoms with van der Waals surface area (Å²) >= 11 is 0. The van der Waals surface area contributed by atoms with Gasteiger partial charge in [-0.1, -0.05) is 38.5 Å². The van der Waals surface area contributed by atoms with Crippen LogP contribution in [0.1, 0.15) is 53.5 Å². The minimum absolute atomic E-state index is 0.0275. The summed E-state index contributed by atoms with van der Waals surface area (Å²) in [6, 6.07) is 6.20. The van der Waals surface area contributed by atoms with E-state index in [-0.39, 0.29) is 17.9 Å². The van der Waals surface area contributed by atoms with Gasteiger partial charge in [0.05, 0.1) is 16.9 Å². The van der Waals surface area contributed by atoms with E-state index in [1.807, 2.05) is 33.2 Å². The average molecular weight is 472 g/mol. The largest absolute Gasteiger partial charge is 0.442 e. The van der Waals surface area contributed by atoms with E-state index in [1.54, 1.807) is 32.9 Å². The predicted molar refractivity (Wildman–Crippen MR) is 116 cm³/mol. The monoisotopic (exact) mass is 471 g/mol. The van der Waals surface area contributed by atoms with Crippen LogP contribution in [0.3, 0.4) is 0 Å². The lowest BCUT2D eigenvalue weighted by molar-refractivity contribution is -0.178. The van der Waals surface area contributed by atoms with E-state index in [2.05, 4.69) is 0 Å². The Morgan fingerprint density at radius 1 is 1.06 bits per heavy atom. The molecule has 0 radical (unpaired) electrons. The molecule has 0 saturated carbocycles. The molecule has 0 spiro atoms. The first kappa shape index (κ1) is 26.1. The van der Waals surface area contributed by atoms with E-state index >= 15 is 0 Å². The molecule has 32 heavy (non-hydrogen) atoms. The molecular weight excluding hydrogens is 438 g/mol. The zero-order chi connectivity index (χ0) is 24.3. The van der Waals surface area contributed by atoms with Crippen LogP contribution in [-0.2, 0) is 33.4 Å². The molecule has 0 bridgehead atoms. The lowest BCUT2D eigenvalue weighted by Crippen LogP contribution is -2.53. The zero-order valence-corrected chi connectivity index (χ0v) is 20.4. The second-order valence-corrected chi connectivity index (χ2v) is 11.5. The number of rotatable bonds is 4. The third kappa shape index (κ3) is 7.18. The van der Waals surface area contributed by atoms with E-state index in [0.29, 0.717) is 0 Å². The molecule has 1 heterocycles. The van der Waals surface area contributed by atoms with Gasteiger partial charge in [0, 0.05) is 6.61 Å². The van der Waals surface area contributed by atoms with Crippen LogP contribution in [0.15, 0.2) is 29.2 Å². The maximum Gasteiger partial charge on any atom is 0.441 e. The van der Waals surface area contributed by atoms with Gasteiger partial charge in [0.25, 0.3) is 10.1 Å². The number of aryl methyl sites for hydroxylation is 1. The van der Waals surface area contributed by atoms with Gasteiger partial charge in [-0.15, -0.1) is 5.48 Å². The molecule has 1 amide bonds. The van der Waals surface area contributed by atoms with Crippen molar-refractivity contribution in [3.63, 3.8) is 0 Å². The third-order valence-corrected chi connectivity index (χ3v) is 6.08. The van der Waals surface area contributed by atoms with Crippen LogP contribution in [0.25, 0.3) is 0 Å². The third-order valence-electron chi connectivity index (χ3n) is 4.76. The molecule has 10 heteroatoms. The average Bonchev–Trinajstić information content (AvgIpc) is 2.64. The zero-order valence-electron chi connectivity index (χ0n) is 19.6. The molecule has 1 aliphatic rings. The van der Waals surface area contributed by atoms with Crippen LogP contribution in [0.4, 0.5) is 4.79 Å². The molecule has 180 valence electrons. The number of hydrogen-bond donors (Lipinski definition) is 1. The molecule has 1 aliphatic heterocycles. The highest BCUT2D eigenvalue weighted by Crippen LogP contribution is 2.37. The fourth-order valence-corrected chi connectivity index (χ4v) is 4.39. The lowest BCUT2D eigenvalue weighted by Gasteiger charge is -2.42. The van der Waals surface area contributed by atoms with E-state index in [0.717, 1.165) is 5.56 Å². The predicted octanol–water partition coefficient (Wildman–Crippen LogP) is 3.50. The Morgan fingerprint density at radius 3 is 2.19 bits per heavy atom. The number of amides is 1. The number of carbonyl (C=O) groups is 2. The number of carbonyl (C=O) groups excluding carboxylic acids is 2. The van der Waals surface area contributed by atoms with Crippen molar-refractivity contribution in [3.05, 3.63) is 29.8 Å². The Hall–Kier alpha value is -2.17. The van der Waals surface area contributed by atoms with Crippen LogP contribution in [0, 0.1) is 18.3 Å². The van der Waals surface area contributed by atoms with Crippen LogP contribution < -0.4 is 5.48 Å². The van der Waals surface area contributed by atoms with Crippen molar-refractivity contribution in [2.24, 2.45) is 11.3 Å². The van der Waals surface area contributed by atoms with Crippen molar-refractivity contribution in [2.75, 3.05) is 6.61 Å². The van der Waals surface area contributed by atoms with Crippen molar-refractivity contribution in [1.29, 1.82) is 0 Å². The molecule has 1 saturated heterocycles. The first-order valence-corrected chi connectivity index (χ1v) is 11.8. The first-order chi connectivity index (χ1) is 14.6. The minimum Gasteiger partial charge on any atom is -0.442 e. The van der Waals surface area contributed by atoms with Crippen LogP contribution in [0.5, 0.6) is 0 Å². The number of ether oxygens (including phenoxy) is 2. The highest BCUT2D eigenvalue weighted by molar-refractivity contribution is 7.86. The summed E-state index contributed by atoms with van der Waals surface area (Å²) in [7, 11) is -4.19. The Balaban J connectivity index is 2.25. The standard InChI is InChI=1S/C22H33NO8S/c1-14-8-10-15(11-9-14)32(26,27)31-17-16(12-13-28-18(17)21(2,3)4)19(24)30-23-20(25)29-22(5,6)7/h8-11,16-18H,12-13H2,1-7H3,(H,23,25). The maximum absolute atomic E-state index is 13.0. The van der Waals surface area contributed by atoms with Crippen molar-refractivity contribution >= 4 is 22.2 Å². The minimum atomic E-state index is -4.19. The maximum atomic E-state index is 13.0. The van der Waals surface area contributed by atoms with Gasteiger partial charge in [0.15, 0.2) is 0 Å². The Morgan fingerprint density at radius 2 is 1.66 bits per heavy atom. The normalized spacial score (nSPS) is 22.2. The van der Waals surface area contributed by atoms with Gasteiger partial charge in [-0.2, -0.15) is 8.42 Å². The van der Waals surface area contributed by atoms with E-state index in [9.17, 15) is 18.0 Å². The van der Waals surface area contributed by atoms with E-state index in [1.165, 1.54) is 12.1 Å². The first-order valence-electron chi connectivity index (χ1n) is 10.4. The van der Waals surface area contributed by atoms with Gasteiger partial charge in [0.1, 0.15) is 11.7 Å². The van der Waals surface area contributed by atoms with Crippen LogP contribution in [-0.4, -0.2) is 44.9 Å². The molecule has 1 fully saturated rings. The summed E-state index contributed by atoms with van der Waals surface area (Å²) in [5.41, 5.74) is 1.54. The molecule has 0 aliphatic carbocycles. The van der Waals surface area contributed by atoms with Gasteiger partial charge >= 0.3 is 12.1 Å². The summed E-state index contributed by atoms with van der Waals surface area (Å²) in [6.45, 7) is 12.6.